The van der Waals surface area contributed by atoms with Gasteiger partial charge in [-0.2, -0.15) is 9.97 Å². The minimum atomic E-state index is -0.303. The minimum absolute atomic E-state index is 0.275. The molecule has 148 valence electrons. The first-order chi connectivity index (χ1) is 13.6. The number of likely N-dealkylation sites (tertiary alicyclic amines) is 1. The van der Waals surface area contributed by atoms with Gasteiger partial charge in [-0.1, -0.05) is 30.3 Å². The molecule has 1 aromatic carbocycles. The SMILES string of the molecule is COc1cc(N2CCC3(CCN(CCc4ccccc4)C3=O)C2)nc(OC)n1. The van der Waals surface area contributed by atoms with E-state index in [9.17, 15) is 4.79 Å². The summed E-state index contributed by atoms with van der Waals surface area (Å²) in [7, 11) is 3.11. The van der Waals surface area contributed by atoms with Crippen molar-refractivity contribution in [3.63, 3.8) is 0 Å². The van der Waals surface area contributed by atoms with E-state index < -0.39 is 0 Å². The number of carbonyl (C=O) groups is 1. The molecule has 0 bridgehead atoms. The van der Waals surface area contributed by atoms with Gasteiger partial charge in [0.05, 0.1) is 19.6 Å². The van der Waals surface area contributed by atoms with E-state index in [2.05, 4.69) is 27.0 Å². The quantitative estimate of drug-likeness (QED) is 0.763. The number of aromatic nitrogens is 2. The van der Waals surface area contributed by atoms with Gasteiger partial charge in [0, 0.05) is 32.2 Å². The maximum atomic E-state index is 13.2. The maximum Gasteiger partial charge on any atom is 0.321 e. The summed E-state index contributed by atoms with van der Waals surface area (Å²) in [5.41, 5.74) is 0.965. The predicted octanol–water partition coefficient (Wildman–Crippen LogP) is 2.17. The Balaban J connectivity index is 1.44. The topological polar surface area (TPSA) is 67.8 Å². The van der Waals surface area contributed by atoms with Gasteiger partial charge in [0.1, 0.15) is 5.82 Å². The lowest BCUT2D eigenvalue weighted by Gasteiger charge is -2.24. The van der Waals surface area contributed by atoms with Crippen molar-refractivity contribution in [3.05, 3.63) is 42.0 Å². The van der Waals surface area contributed by atoms with Crippen molar-refractivity contribution in [2.75, 3.05) is 45.3 Å². The zero-order valence-corrected chi connectivity index (χ0v) is 16.4. The van der Waals surface area contributed by atoms with Crippen LogP contribution < -0.4 is 14.4 Å². The average Bonchev–Trinajstić information content (AvgIpc) is 3.32. The normalized spacial score (nSPS) is 21.6. The van der Waals surface area contributed by atoms with Crippen LogP contribution in [-0.4, -0.2) is 61.2 Å². The number of hydrogen-bond donors (Lipinski definition) is 0. The van der Waals surface area contributed by atoms with Crippen molar-refractivity contribution >= 4 is 11.7 Å². The van der Waals surface area contributed by atoms with Crippen molar-refractivity contribution in [3.8, 4) is 11.9 Å². The minimum Gasteiger partial charge on any atom is -0.481 e. The molecule has 0 aliphatic carbocycles. The first-order valence-corrected chi connectivity index (χ1v) is 9.69. The molecule has 7 heteroatoms. The standard InChI is InChI=1S/C21H26N4O3/c1-27-18-14-17(22-20(23-18)28-2)25-13-10-21(15-25)9-12-24(19(21)26)11-8-16-6-4-3-5-7-16/h3-7,14H,8-13,15H2,1-2H3. The zero-order valence-electron chi connectivity index (χ0n) is 16.4. The Morgan fingerprint density at radius 2 is 1.86 bits per heavy atom. The molecule has 1 spiro atoms. The Morgan fingerprint density at radius 3 is 2.61 bits per heavy atom. The van der Waals surface area contributed by atoms with Crippen LogP contribution >= 0.6 is 0 Å². The summed E-state index contributed by atoms with van der Waals surface area (Å²) in [4.78, 5) is 26.0. The van der Waals surface area contributed by atoms with Crippen molar-refractivity contribution in [1.82, 2.24) is 14.9 Å². The Bertz CT molecular complexity index is 823. The summed E-state index contributed by atoms with van der Waals surface area (Å²) in [5, 5.41) is 0. The molecule has 0 radical (unpaired) electrons. The number of anilines is 1. The molecule has 0 saturated carbocycles. The van der Waals surface area contributed by atoms with E-state index in [0.717, 1.165) is 44.7 Å². The van der Waals surface area contributed by atoms with Gasteiger partial charge in [-0.25, -0.2) is 0 Å². The van der Waals surface area contributed by atoms with Gasteiger partial charge >= 0.3 is 6.01 Å². The van der Waals surface area contributed by atoms with Crippen LogP contribution in [0.15, 0.2) is 36.4 Å². The fourth-order valence-electron chi connectivity index (χ4n) is 4.21. The molecule has 2 fully saturated rings. The lowest BCUT2D eigenvalue weighted by atomic mass is 9.85. The van der Waals surface area contributed by atoms with E-state index in [1.807, 2.05) is 23.1 Å². The largest absolute Gasteiger partial charge is 0.481 e. The molecule has 2 aromatic rings. The monoisotopic (exact) mass is 382 g/mol. The number of rotatable bonds is 6. The van der Waals surface area contributed by atoms with E-state index in [4.69, 9.17) is 9.47 Å². The van der Waals surface area contributed by atoms with Crippen LogP contribution in [0.3, 0.4) is 0 Å². The van der Waals surface area contributed by atoms with Crippen LogP contribution in [0.4, 0.5) is 5.82 Å². The zero-order chi connectivity index (χ0) is 19.6. The smallest absolute Gasteiger partial charge is 0.321 e. The number of methoxy groups -OCH3 is 2. The third-order valence-electron chi connectivity index (χ3n) is 5.85. The van der Waals surface area contributed by atoms with Crippen molar-refractivity contribution in [1.29, 1.82) is 0 Å². The summed E-state index contributed by atoms with van der Waals surface area (Å²) in [6.07, 6.45) is 2.64. The molecule has 1 amide bonds. The lowest BCUT2D eigenvalue weighted by Crippen LogP contribution is -2.37. The molecule has 1 atom stereocenters. The van der Waals surface area contributed by atoms with Gasteiger partial charge in [-0.05, 0) is 24.8 Å². The highest BCUT2D eigenvalue weighted by molar-refractivity contribution is 5.86. The average molecular weight is 382 g/mol. The fourth-order valence-corrected chi connectivity index (χ4v) is 4.21. The van der Waals surface area contributed by atoms with Crippen molar-refractivity contribution in [2.45, 2.75) is 19.3 Å². The summed E-state index contributed by atoms with van der Waals surface area (Å²) < 4.78 is 10.4. The molecule has 1 unspecified atom stereocenters. The second kappa shape index (κ2) is 7.66. The molecule has 4 rings (SSSR count). The highest BCUT2D eigenvalue weighted by Crippen LogP contribution is 2.42. The van der Waals surface area contributed by atoms with Crippen LogP contribution in [0.1, 0.15) is 18.4 Å². The van der Waals surface area contributed by atoms with Gasteiger partial charge in [0.15, 0.2) is 0 Å². The molecule has 7 nitrogen and oxygen atoms in total. The second-order valence-corrected chi connectivity index (χ2v) is 7.48. The van der Waals surface area contributed by atoms with E-state index >= 15 is 0 Å². The van der Waals surface area contributed by atoms with Gasteiger partial charge in [-0.15, -0.1) is 0 Å². The Hall–Kier alpha value is -2.83. The summed E-state index contributed by atoms with van der Waals surface area (Å²) in [5.74, 6) is 1.49. The number of hydrogen-bond acceptors (Lipinski definition) is 6. The van der Waals surface area contributed by atoms with Gasteiger partial charge in [0.25, 0.3) is 0 Å². The van der Waals surface area contributed by atoms with Gasteiger partial charge < -0.3 is 19.3 Å². The van der Waals surface area contributed by atoms with E-state index in [1.54, 1.807) is 13.2 Å². The molecule has 0 N–H and O–H groups in total. The van der Waals surface area contributed by atoms with Crippen LogP contribution in [-0.2, 0) is 11.2 Å². The molecular weight excluding hydrogens is 356 g/mol. The molecule has 28 heavy (non-hydrogen) atoms. The van der Waals surface area contributed by atoms with Crippen LogP contribution in [0.2, 0.25) is 0 Å². The molecule has 2 saturated heterocycles. The predicted molar refractivity (Wildman–Crippen MR) is 106 cm³/mol. The highest BCUT2D eigenvalue weighted by Gasteiger charge is 2.50. The maximum absolute atomic E-state index is 13.2. The molecule has 2 aliphatic rings. The molecular formula is C21H26N4O3. The number of nitrogens with zero attached hydrogens (tertiary/aromatic N) is 4. The number of benzene rings is 1. The summed E-state index contributed by atoms with van der Waals surface area (Å²) in [6.45, 7) is 3.08. The lowest BCUT2D eigenvalue weighted by molar-refractivity contribution is -0.135. The van der Waals surface area contributed by atoms with Crippen LogP contribution in [0.5, 0.6) is 11.9 Å². The third-order valence-corrected chi connectivity index (χ3v) is 5.85. The van der Waals surface area contributed by atoms with Crippen LogP contribution in [0.25, 0.3) is 0 Å². The van der Waals surface area contributed by atoms with Crippen molar-refractivity contribution < 1.29 is 14.3 Å². The Morgan fingerprint density at radius 1 is 1.07 bits per heavy atom. The third kappa shape index (κ3) is 3.48. The van der Waals surface area contributed by atoms with Crippen LogP contribution in [0, 0.1) is 5.41 Å². The van der Waals surface area contributed by atoms with Gasteiger partial charge in [0.2, 0.25) is 11.8 Å². The van der Waals surface area contributed by atoms with E-state index in [-0.39, 0.29) is 17.3 Å². The molecule has 2 aliphatic heterocycles. The first kappa shape index (κ1) is 18.5. The van der Waals surface area contributed by atoms with Crippen molar-refractivity contribution in [2.24, 2.45) is 5.41 Å². The molecule has 1 aromatic heterocycles. The van der Waals surface area contributed by atoms with Gasteiger partial charge in [-0.3, -0.25) is 4.79 Å². The van der Waals surface area contributed by atoms with E-state index in [1.165, 1.54) is 12.7 Å². The molecule has 3 heterocycles. The fraction of sp³-hybridized carbons (Fsp3) is 0.476. The number of carbonyl (C=O) groups excluding carboxylic acids is 1. The van der Waals surface area contributed by atoms with E-state index in [0.29, 0.717) is 12.4 Å². The summed E-state index contributed by atoms with van der Waals surface area (Å²) in [6, 6.07) is 12.4. The Labute approximate surface area is 165 Å². The first-order valence-electron chi connectivity index (χ1n) is 9.69. The second-order valence-electron chi connectivity index (χ2n) is 7.48. The summed E-state index contributed by atoms with van der Waals surface area (Å²) >= 11 is 0. The highest BCUT2D eigenvalue weighted by atomic mass is 16.5. The number of amides is 1. The Kier molecular flexibility index (Phi) is 5.07. The number of ether oxygens (including phenoxy) is 2.